The van der Waals surface area contributed by atoms with Crippen molar-refractivity contribution in [2.45, 2.75) is 44.8 Å². The molecule has 0 aliphatic heterocycles. The number of ether oxygens (including phenoxy) is 1. The van der Waals surface area contributed by atoms with E-state index in [1.54, 1.807) is 22.8 Å². The van der Waals surface area contributed by atoms with Crippen molar-refractivity contribution in [2.24, 2.45) is 5.92 Å². The van der Waals surface area contributed by atoms with Crippen molar-refractivity contribution in [1.82, 2.24) is 9.55 Å². The van der Waals surface area contributed by atoms with Gasteiger partial charge < -0.3 is 4.74 Å². The molecule has 1 aromatic carbocycles. The SMILES string of the molecule is CCOC(=O)CSc1nc2sc3c(c2c(=O)n1Cc1ccccc1)C[C@@H](C)CC3. The number of esters is 1. The average Bonchev–Trinajstić information content (AvgIpc) is 3.07. The largest absolute Gasteiger partial charge is 0.465 e. The molecule has 0 amide bonds. The minimum Gasteiger partial charge on any atom is -0.465 e. The van der Waals surface area contributed by atoms with Crippen LogP contribution in [0.1, 0.15) is 36.3 Å². The fourth-order valence-electron chi connectivity index (χ4n) is 3.75. The maximum atomic E-state index is 13.6. The third kappa shape index (κ3) is 4.26. The number of aromatic nitrogens is 2. The summed E-state index contributed by atoms with van der Waals surface area (Å²) in [6, 6.07) is 9.89. The second kappa shape index (κ2) is 8.71. The van der Waals surface area contributed by atoms with Crippen LogP contribution in [0.15, 0.2) is 40.3 Å². The third-order valence-electron chi connectivity index (χ3n) is 5.18. The van der Waals surface area contributed by atoms with Gasteiger partial charge in [0.1, 0.15) is 4.83 Å². The summed E-state index contributed by atoms with van der Waals surface area (Å²) in [5, 5.41) is 1.35. The number of carbonyl (C=O) groups excluding carboxylic acids is 1. The van der Waals surface area contributed by atoms with Crippen molar-refractivity contribution in [3.05, 3.63) is 56.7 Å². The molecule has 1 atom stereocenters. The Balaban J connectivity index is 1.80. The number of aryl methyl sites for hydroxylation is 1. The molecule has 0 spiro atoms. The van der Waals surface area contributed by atoms with E-state index in [0.29, 0.717) is 24.2 Å². The van der Waals surface area contributed by atoms with E-state index >= 15 is 0 Å². The summed E-state index contributed by atoms with van der Waals surface area (Å²) >= 11 is 2.91. The highest BCUT2D eigenvalue weighted by Gasteiger charge is 2.25. The summed E-state index contributed by atoms with van der Waals surface area (Å²) in [5.41, 5.74) is 2.22. The number of thiophene rings is 1. The lowest BCUT2D eigenvalue weighted by molar-refractivity contribution is -0.139. The molecule has 0 bridgehead atoms. The summed E-state index contributed by atoms with van der Waals surface area (Å²) in [4.78, 5) is 32.4. The molecule has 152 valence electrons. The van der Waals surface area contributed by atoms with Crippen LogP contribution in [-0.4, -0.2) is 27.9 Å². The van der Waals surface area contributed by atoms with Gasteiger partial charge in [-0.25, -0.2) is 4.98 Å². The van der Waals surface area contributed by atoms with Gasteiger partial charge in [-0.2, -0.15) is 0 Å². The lowest BCUT2D eigenvalue weighted by Crippen LogP contribution is -2.25. The number of hydrogen-bond acceptors (Lipinski definition) is 6. The van der Waals surface area contributed by atoms with Crippen LogP contribution in [0, 0.1) is 5.92 Å². The lowest BCUT2D eigenvalue weighted by atomic mass is 9.89. The van der Waals surface area contributed by atoms with Gasteiger partial charge in [0.05, 0.1) is 24.3 Å². The zero-order valence-electron chi connectivity index (χ0n) is 16.6. The van der Waals surface area contributed by atoms with Crippen LogP contribution in [0.3, 0.4) is 0 Å². The van der Waals surface area contributed by atoms with Crippen molar-refractivity contribution >= 4 is 39.3 Å². The van der Waals surface area contributed by atoms with Gasteiger partial charge >= 0.3 is 5.97 Å². The van der Waals surface area contributed by atoms with Gasteiger partial charge in [0.2, 0.25) is 0 Å². The van der Waals surface area contributed by atoms with Gasteiger partial charge in [0.25, 0.3) is 5.56 Å². The molecule has 7 heteroatoms. The number of rotatable bonds is 6. The van der Waals surface area contributed by atoms with Crippen molar-refractivity contribution < 1.29 is 9.53 Å². The molecule has 0 N–H and O–H groups in total. The topological polar surface area (TPSA) is 61.2 Å². The lowest BCUT2D eigenvalue weighted by Gasteiger charge is -2.18. The van der Waals surface area contributed by atoms with E-state index in [1.807, 2.05) is 30.3 Å². The molecule has 2 aromatic heterocycles. The molecule has 5 nitrogen and oxygen atoms in total. The fraction of sp³-hybridized carbons (Fsp3) is 0.409. The molecular formula is C22H24N2O3S2. The highest BCUT2D eigenvalue weighted by molar-refractivity contribution is 7.99. The minimum atomic E-state index is -0.294. The molecule has 0 saturated carbocycles. The van der Waals surface area contributed by atoms with E-state index in [1.165, 1.54) is 22.2 Å². The Morgan fingerprint density at radius 3 is 2.90 bits per heavy atom. The molecule has 1 aliphatic rings. The zero-order valence-corrected chi connectivity index (χ0v) is 18.3. The maximum Gasteiger partial charge on any atom is 0.316 e. The molecule has 2 heterocycles. The molecule has 0 fully saturated rings. The van der Waals surface area contributed by atoms with E-state index < -0.39 is 0 Å². The molecule has 0 unspecified atom stereocenters. The molecule has 4 rings (SSSR count). The second-order valence-electron chi connectivity index (χ2n) is 7.40. The van der Waals surface area contributed by atoms with Gasteiger partial charge in [-0.1, -0.05) is 49.0 Å². The Morgan fingerprint density at radius 1 is 1.34 bits per heavy atom. The molecule has 1 aliphatic carbocycles. The smallest absolute Gasteiger partial charge is 0.316 e. The van der Waals surface area contributed by atoms with Crippen molar-refractivity contribution in [1.29, 1.82) is 0 Å². The van der Waals surface area contributed by atoms with E-state index in [2.05, 4.69) is 6.92 Å². The van der Waals surface area contributed by atoms with Gasteiger partial charge in [0.15, 0.2) is 5.16 Å². The predicted molar refractivity (Wildman–Crippen MR) is 118 cm³/mol. The minimum absolute atomic E-state index is 0.00295. The number of benzene rings is 1. The Labute approximate surface area is 178 Å². The van der Waals surface area contributed by atoms with Gasteiger partial charge in [-0.05, 0) is 43.2 Å². The van der Waals surface area contributed by atoms with Crippen molar-refractivity contribution in [2.75, 3.05) is 12.4 Å². The van der Waals surface area contributed by atoms with Gasteiger partial charge in [-0.15, -0.1) is 11.3 Å². The van der Waals surface area contributed by atoms with Crippen LogP contribution in [0.2, 0.25) is 0 Å². The van der Waals surface area contributed by atoms with E-state index in [-0.39, 0.29) is 17.3 Å². The molecule has 0 radical (unpaired) electrons. The monoisotopic (exact) mass is 428 g/mol. The van der Waals surface area contributed by atoms with Crippen LogP contribution in [0.4, 0.5) is 0 Å². The first-order valence-electron chi connectivity index (χ1n) is 9.94. The van der Waals surface area contributed by atoms with E-state index in [9.17, 15) is 9.59 Å². The van der Waals surface area contributed by atoms with Crippen LogP contribution in [0.25, 0.3) is 10.2 Å². The van der Waals surface area contributed by atoms with Crippen LogP contribution in [-0.2, 0) is 28.9 Å². The van der Waals surface area contributed by atoms with Crippen LogP contribution >= 0.6 is 23.1 Å². The van der Waals surface area contributed by atoms with Crippen LogP contribution < -0.4 is 5.56 Å². The van der Waals surface area contributed by atoms with Crippen molar-refractivity contribution in [3.63, 3.8) is 0 Å². The standard InChI is InChI=1S/C22H24N2O3S2/c1-3-27-18(25)13-28-22-23-20-19(16-11-14(2)9-10-17(16)29-20)21(26)24(22)12-15-7-5-4-6-8-15/h4-8,14H,3,9-13H2,1-2H3/t14-/m0/s1. The summed E-state index contributed by atoms with van der Waals surface area (Å²) < 4.78 is 6.76. The van der Waals surface area contributed by atoms with E-state index in [0.717, 1.165) is 35.0 Å². The first kappa shape index (κ1) is 20.2. The molecule has 0 saturated heterocycles. The quantitative estimate of drug-likeness (QED) is 0.333. The number of thioether (sulfide) groups is 1. The predicted octanol–water partition coefficient (Wildman–Crippen LogP) is 4.29. The molecule has 29 heavy (non-hydrogen) atoms. The summed E-state index contributed by atoms with van der Waals surface area (Å²) in [5.74, 6) is 0.431. The zero-order chi connectivity index (χ0) is 20.4. The number of hydrogen-bond donors (Lipinski definition) is 0. The number of carbonyl (C=O) groups is 1. The first-order valence-corrected chi connectivity index (χ1v) is 11.7. The number of fused-ring (bicyclic) bond motifs is 3. The Morgan fingerprint density at radius 2 is 2.14 bits per heavy atom. The van der Waals surface area contributed by atoms with Gasteiger partial charge in [0, 0.05) is 4.88 Å². The summed E-state index contributed by atoms with van der Waals surface area (Å²) in [6.45, 7) is 4.81. The molecular weight excluding hydrogens is 404 g/mol. The fourth-order valence-corrected chi connectivity index (χ4v) is 5.81. The summed E-state index contributed by atoms with van der Waals surface area (Å²) in [6.07, 6.45) is 3.11. The Kier molecular flexibility index (Phi) is 6.06. The molecule has 3 aromatic rings. The van der Waals surface area contributed by atoms with Gasteiger partial charge in [-0.3, -0.25) is 14.2 Å². The highest BCUT2D eigenvalue weighted by Crippen LogP contribution is 2.36. The number of nitrogens with zero attached hydrogens (tertiary/aromatic N) is 2. The van der Waals surface area contributed by atoms with E-state index in [4.69, 9.17) is 9.72 Å². The van der Waals surface area contributed by atoms with Crippen LogP contribution in [0.5, 0.6) is 0 Å². The second-order valence-corrected chi connectivity index (χ2v) is 9.42. The highest BCUT2D eigenvalue weighted by atomic mass is 32.2. The van der Waals surface area contributed by atoms with Crippen molar-refractivity contribution in [3.8, 4) is 0 Å². The normalized spacial score (nSPS) is 16.0. The average molecular weight is 429 g/mol. The Bertz CT molecular complexity index is 1090. The third-order valence-corrected chi connectivity index (χ3v) is 7.32. The Hall–Kier alpha value is -2.12. The summed E-state index contributed by atoms with van der Waals surface area (Å²) in [7, 11) is 0. The maximum absolute atomic E-state index is 13.6. The first-order chi connectivity index (χ1) is 14.1.